The monoisotopic (exact) mass is 358 g/mol. The van der Waals surface area contributed by atoms with E-state index in [1.165, 1.54) is 35.0 Å². The van der Waals surface area contributed by atoms with Crippen molar-refractivity contribution in [3.05, 3.63) is 66.7 Å². The van der Waals surface area contributed by atoms with Gasteiger partial charge in [-0.25, -0.2) is 13.6 Å². The van der Waals surface area contributed by atoms with E-state index in [1.807, 2.05) is 0 Å². The Balaban J connectivity index is 0.000000186. The summed E-state index contributed by atoms with van der Waals surface area (Å²) in [6, 6.07) is 20.3. The first-order valence-corrected chi connectivity index (χ1v) is 9.26. The van der Waals surface area contributed by atoms with Gasteiger partial charge in [-0.05, 0) is 35.7 Å². The highest BCUT2D eigenvalue weighted by Gasteiger charge is 2.05. The zero-order valence-corrected chi connectivity index (χ0v) is 14.5. The highest BCUT2D eigenvalue weighted by molar-refractivity contribution is 7.89. The molecule has 0 amide bonds. The summed E-state index contributed by atoms with van der Waals surface area (Å²) in [4.78, 5) is 0.0756. The van der Waals surface area contributed by atoms with E-state index in [1.54, 1.807) is 0 Å². The van der Waals surface area contributed by atoms with Gasteiger partial charge in [-0.15, -0.1) is 0 Å². The standard InChI is InChI=1S/C12H14N2.C6H8N2O2S/c13-8-9-14-12-7-3-5-10-4-1-2-6-11(10)12;7-5-1-3-6(4-2-5)11(8,9)10/h1-7,14H,8-9,13H2;1-4H,7H2,(H2,8,9,10). The Labute approximate surface area is 147 Å². The predicted molar refractivity (Wildman–Crippen MR) is 104 cm³/mol. The second kappa shape index (κ2) is 8.48. The second-order valence-corrected chi connectivity index (χ2v) is 6.92. The zero-order valence-electron chi connectivity index (χ0n) is 13.7. The van der Waals surface area contributed by atoms with Crippen LogP contribution in [0.4, 0.5) is 11.4 Å². The van der Waals surface area contributed by atoms with Crippen LogP contribution in [0.1, 0.15) is 0 Å². The summed E-state index contributed by atoms with van der Waals surface area (Å²) in [5, 5.41) is 10.7. The first kappa shape index (κ1) is 18.7. The molecule has 132 valence electrons. The fourth-order valence-electron chi connectivity index (χ4n) is 2.24. The third-order valence-electron chi connectivity index (χ3n) is 3.46. The minimum Gasteiger partial charge on any atom is -0.399 e. The van der Waals surface area contributed by atoms with E-state index in [4.69, 9.17) is 16.6 Å². The van der Waals surface area contributed by atoms with E-state index in [0.29, 0.717) is 12.2 Å². The number of rotatable bonds is 4. The molecule has 0 atom stereocenters. The van der Waals surface area contributed by atoms with Crippen LogP contribution in [0.3, 0.4) is 0 Å². The Kier molecular flexibility index (Phi) is 6.35. The molecule has 0 fully saturated rings. The smallest absolute Gasteiger partial charge is 0.238 e. The topological polar surface area (TPSA) is 124 Å². The molecular formula is C18H22N4O2S. The molecule has 0 radical (unpaired) electrons. The van der Waals surface area contributed by atoms with Gasteiger partial charge in [0.15, 0.2) is 0 Å². The molecule has 3 aromatic rings. The predicted octanol–water partition coefficient (Wildman–Crippen LogP) is 2.13. The number of sulfonamides is 1. The van der Waals surface area contributed by atoms with Crippen LogP contribution < -0.4 is 21.9 Å². The largest absolute Gasteiger partial charge is 0.399 e. The SMILES string of the molecule is NCCNc1cccc2ccccc12.Nc1ccc(S(N)(=O)=O)cc1. The van der Waals surface area contributed by atoms with E-state index in [2.05, 4.69) is 47.8 Å². The quantitative estimate of drug-likeness (QED) is 0.532. The summed E-state index contributed by atoms with van der Waals surface area (Å²) in [6.45, 7) is 1.47. The molecule has 0 saturated carbocycles. The van der Waals surface area contributed by atoms with E-state index >= 15 is 0 Å². The number of anilines is 2. The molecule has 25 heavy (non-hydrogen) atoms. The maximum Gasteiger partial charge on any atom is 0.238 e. The van der Waals surface area contributed by atoms with E-state index in [9.17, 15) is 8.42 Å². The lowest BCUT2D eigenvalue weighted by Crippen LogP contribution is -2.13. The number of hydrogen-bond donors (Lipinski definition) is 4. The van der Waals surface area contributed by atoms with Crippen molar-refractivity contribution in [3.63, 3.8) is 0 Å². The van der Waals surface area contributed by atoms with Gasteiger partial charge < -0.3 is 16.8 Å². The summed E-state index contributed by atoms with van der Waals surface area (Å²) in [6.07, 6.45) is 0. The third-order valence-corrected chi connectivity index (χ3v) is 4.39. The van der Waals surface area contributed by atoms with Crippen LogP contribution in [0, 0.1) is 0 Å². The summed E-state index contributed by atoms with van der Waals surface area (Å²) in [5.74, 6) is 0. The van der Waals surface area contributed by atoms with Gasteiger partial charge in [0.2, 0.25) is 10.0 Å². The lowest BCUT2D eigenvalue weighted by molar-refractivity contribution is 0.598. The molecule has 0 aromatic heterocycles. The Morgan fingerprint density at radius 1 is 0.880 bits per heavy atom. The number of hydrogen-bond acceptors (Lipinski definition) is 5. The molecule has 0 aliphatic rings. The third kappa shape index (κ3) is 5.46. The molecule has 6 nitrogen and oxygen atoms in total. The summed E-state index contributed by atoms with van der Waals surface area (Å²) in [7, 11) is -3.58. The van der Waals surface area contributed by atoms with Gasteiger partial charge in [0, 0.05) is 29.9 Å². The van der Waals surface area contributed by atoms with Crippen molar-refractivity contribution in [1.82, 2.24) is 0 Å². The minimum absolute atomic E-state index is 0.0756. The van der Waals surface area contributed by atoms with Gasteiger partial charge in [-0.3, -0.25) is 0 Å². The van der Waals surface area contributed by atoms with Crippen molar-refractivity contribution in [2.45, 2.75) is 4.90 Å². The lowest BCUT2D eigenvalue weighted by atomic mass is 10.1. The first-order valence-electron chi connectivity index (χ1n) is 7.72. The van der Waals surface area contributed by atoms with Gasteiger partial charge in [0.05, 0.1) is 4.90 Å². The van der Waals surface area contributed by atoms with Crippen molar-refractivity contribution in [3.8, 4) is 0 Å². The summed E-state index contributed by atoms with van der Waals surface area (Å²) >= 11 is 0. The maximum atomic E-state index is 10.7. The van der Waals surface area contributed by atoms with Crippen molar-refractivity contribution < 1.29 is 8.42 Å². The van der Waals surface area contributed by atoms with Crippen molar-refractivity contribution in [1.29, 1.82) is 0 Å². The maximum absolute atomic E-state index is 10.7. The summed E-state index contributed by atoms with van der Waals surface area (Å²) in [5.41, 5.74) is 12.5. The van der Waals surface area contributed by atoms with Crippen molar-refractivity contribution >= 4 is 32.2 Å². The molecule has 3 rings (SSSR count). The molecule has 0 aliphatic heterocycles. The molecule has 7 heteroatoms. The fraction of sp³-hybridized carbons (Fsp3) is 0.111. The minimum atomic E-state index is -3.58. The first-order chi connectivity index (χ1) is 11.9. The Hall–Kier alpha value is -2.61. The highest BCUT2D eigenvalue weighted by atomic mass is 32.2. The van der Waals surface area contributed by atoms with Crippen LogP contribution >= 0.6 is 0 Å². The highest BCUT2D eigenvalue weighted by Crippen LogP contribution is 2.22. The summed E-state index contributed by atoms with van der Waals surface area (Å²) < 4.78 is 21.4. The van der Waals surface area contributed by atoms with E-state index in [-0.39, 0.29) is 4.90 Å². The van der Waals surface area contributed by atoms with Crippen LogP contribution in [0.15, 0.2) is 71.6 Å². The Morgan fingerprint density at radius 3 is 2.16 bits per heavy atom. The fourth-order valence-corrected chi connectivity index (χ4v) is 2.76. The average molecular weight is 358 g/mol. The van der Waals surface area contributed by atoms with E-state index in [0.717, 1.165) is 12.2 Å². The number of fused-ring (bicyclic) bond motifs is 1. The zero-order chi connectivity index (χ0) is 18.3. The second-order valence-electron chi connectivity index (χ2n) is 5.36. The van der Waals surface area contributed by atoms with Gasteiger partial charge >= 0.3 is 0 Å². The molecule has 0 heterocycles. The molecule has 0 bridgehead atoms. The molecular weight excluding hydrogens is 336 g/mol. The molecule has 0 saturated heterocycles. The number of nitrogens with two attached hydrogens (primary N) is 3. The van der Waals surface area contributed by atoms with Crippen molar-refractivity contribution in [2.24, 2.45) is 10.9 Å². The van der Waals surface area contributed by atoms with Crippen LogP contribution in [0.25, 0.3) is 10.8 Å². The van der Waals surface area contributed by atoms with Gasteiger partial charge in [0.1, 0.15) is 0 Å². The van der Waals surface area contributed by atoms with Gasteiger partial charge in [-0.2, -0.15) is 0 Å². The molecule has 0 spiro atoms. The number of primary sulfonamides is 1. The number of nitrogen functional groups attached to an aromatic ring is 1. The Bertz CT molecular complexity index is 920. The van der Waals surface area contributed by atoms with E-state index < -0.39 is 10.0 Å². The van der Waals surface area contributed by atoms with Crippen LogP contribution in [-0.2, 0) is 10.0 Å². The number of nitrogens with one attached hydrogen (secondary N) is 1. The average Bonchev–Trinajstić information content (AvgIpc) is 2.60. The van der Waals surface area contributed by atoms with Crippen LogP contribution in [-0.4, -0.2) is 21.5 Å². The molecule has 7 N–H and O–H groups in total. The number of benzene rings is 3. The van der Waals surface area contributed by atoms with Crippen LogP contribution in [0.2, 0.25) is 0 Å². The molecule has 3 aromatic carbocycles. The normalized spacial score (nSPS) is 10.8. The van der Waals surface area contributed by atoms with Gasteiger partial charge in [0.25, 0.3) is 0 Å². The molecule has 0 unspecified atom stereocenters. The van der Waals surface area contributed by atoms with Crippen LogP contribution in [0.5, 0.6) is 0 Å². The van der Waals surface area contributed by atoms with Crippen molar-refractivity contribution in [2.75, 3.05) is 24.1 Å². The molecule has 0 aliphatic carbocycles. The lowest BCUT2D eigenvalue weighted by Gasteiger charge is -2.08. The van der Waals surface area contributed by atoms with Gasteiger partial charge in [-0.1, -0.05) is 36.4 Å². The Morgan fingerprint density at radius 2 is 1.52 bits per heavy atom.